The van der Waals surface area contributed by atoms with Gasteiger partial charge in [-0.25, -0.2) is 0 Å². The summed E-state index contributed by atoms with van der Waals surface area (Å²) in [5.41, 5.74) is 13.1. The Hall–Kier alpha value is -0.0800. The zero-order valence-electron chi connectivity index (χ0n) is 4.21. The Kier molecular flexibility index (Phi) is 1.56. The molecule has 2 nitrogen and oxygen atoms in total. The molecule has 6 heavy (non-hydrogen) atoms. The van der Waals surface area contributed by atoms with Crippen LogP contribution in [0.5, 0.6) is 0 Å². The van der Waals surface area contributed by atoms with E-state index in [-0.39, 0.29) is 6.54 Å². The molecule has 0 rings (SSSR count). The minimum atomic E-state index is -0.542. The molecule has 0 aliphatic heterocycles. The number of rotatable bonds is 1. The van der Waals surface area contributed by atoms with Gasteiger partial charge in [0.15, 0.2) is 0 Å². The molecule has 0 aromatic rings. The molecule has 0 spiro atoms. The van der Waals surface area contributed by atoms with Crippen molar-refractivity contribution in [3.63, 3.8) is 0 Å². The SMILES string of the molecule is CC(C)([NH])C[NH]. The van der Waals surface area contributed by atoms with Crippen LogP contribution >= 0.6 is 0 Å². The topological polar surface area (TPSA) is 47.6 Å². The Labute approximate surface area is 38.5 Å². The quantitative estimate of drug-likeness (QED) is 0.441. The molecule has 2 heteroatoms. The van der Waals surface area contributed by atoms with Gasteiger partial charge in [0.25, 0.3) is 0 Å². The van der Waals surface area contributed by atoms with Crippen LogP contribution in [0.4, 0.5) is 0 Å². The van der Waals surface area contributed by atoms with Crippen LogP contribution in [0.2, 0.25) is 0 Å². The number of hydrogen-bond donors (Lipinski definition) is 0. The second-order valence-electron chi connectivity index (χ2n) is 2.06. The highest BCUT2D eigenvalue weighted by Gasteiger charge is 2.06. The van der Waals surface area contributed by atoms with Crippen molar-refractivity contribution >= 4 is 0 Å². The molecule has 0 atom stereocenters. The minimum Gasteiger partial charge on any atom is -0.256 e. The number of hydrogen-bond acceptors (Lipinski definition) is 0. The van der Waals surface area contributed by atoms with Gasteiger partial charge in [-0.3, -0.25) is 11.5 Å². The van der Waals surface area contributed by atoms with E-state index >= 15 is 0 Å². The highest BCUT2D eigenvalue weighted by atomic mass is 14.8. The fraction of sp³-hybridized carbons (Fsp3) is 1.00. The lowest BCUT2D eigenvalue weighted by molar-refractivity contribution is 0.506. The van der Waals surface area contributed by atoms with Gasteiger partial charge in [-0.1, -0.05) is 0 Å². The summed E-state index contributed by atoms with van der Waals surface area (Å²) in [6.07, 6.45) is 0. The Morgan fingerprint density at radius 3 is 1.67 bits per heavy atom. The van der Waals surface area contributed by atoms with E-state index < -0.39 is 5.54 Å². The molecule has 0 aromatic heterocycles. The summed E-state index contributed by atoms with van der Waals surface area (Å²) in [5.74, 6) is 0. The summed E-state index contributed by atoms with van der Waals surface area (Å²) in [5, 5.41) is 0. The van der Waals surface area contributed by atoms with E-state index in [1.165, 1.54) is 0 Å². The Bertz CT molecular complexity index is 35.3. The van der Waals surface area contributed by atoms with Gasteiger partial charge in [-0.15, -0.1) is 0 Å². The Morgan fingerprint density at radius 2 is 1.67 bits per heavy atom. The predicted molar refractivity (Wildman–Crippen MR) is 25.1 cm³/mol. The highest BCUT2D eigenvalue weighted by Crippen LogP contribution is 1.92. The van der Waals surface area contributed by atoms with Crippen molar-refractivity contribution in [2.75, 3.05) is 6.54 Å². The van der Waals surface area contributed by atoms with Crippen LogP contribution in [-0.2, 0) is 0 Å². The summed E-state index contributed by atoms with van der Waals surface area (Å²) in [4.78, 5) is 0. The second-order valence-corrected chi connectivity index (χ2v) is 2.06. The second kappa shape index (κ2) is 1.58. The average molecular weight is 86.1 g/mol. The third-order valence-corrected chi connectivity index (χ3v) is 0.442. The normalized spacial score (nSPS) is 12.0. The summed E-state index contributed by atoms with van der Waals surface area (Å²) < 4.78 is 0. The fourth-order valence-electron chi connectivity index (χ4n) is 0. The molecule has 36 valence electrons. The summed E-state index contributed by atoms with van der Waals surface area (Å²) in [6, 6.07) is 0. The van der Waals surface area contributed by atoms with Crippen molar-refractivity contribution in [3.8, 4) is 0 Å². The Balaban J connectivity index is 3.17. The van der Waals surface area contributed by atoms with Crippen LogP contribution in [-0.4, -0.2) is 12.1 Å². The smallest absolute Gasteiger partial charge is 0.0405 e. The van der Waals surface area contributed by atoms with Crippen LogP contribution in [0.25, 0.3) is 0 Å². The molecule has 2 radical (unpaired) electrons. The lowest BCUT2D eigenvalue weighted by Crippen LogP contribution is -2.26. The monoisotopic (exact) mass is 86.1 g/mol. The van der Waals surface area contributed by atoms with Gasteiger partial charge >= 0.3 is 0 Å². The van der Waals surface area contributed by atoms with E-state index in [1.807, 2.05) is 0 Å². The van der Waals surface area contributed by atoms with Gasteiger partial charge in [-0.2, -0.15) is 0 Å². The predicted octanol–water partition coefficient (Wildman–Crippen LogP) is 0.331. The summed E-state index contributed by atoms with van der Waals surface area (Å²) in [7, 11) is 0. The van der Waals surface area contributed by atoms with Gasteiger partial charge in [0.05, 0.1) is 0 Å². The molecule has 0 amide bonds. The van der Waals surface area contributed by atoms with Gasteiger partial charge in [0, 0.05) is 12.1 Å². The van der Waals surface area contributed by atoms with Crippen LogP contribution in [0.1, 0.15) is 13.8 Å². The van der Waals surface area contributed by atoms with Gasteiger partial charge in [0.1, 0.15) is 0 Å². The minimum absolute atomic E-state index is 0.188. The Morgan fingerprint density at radius 1 is 1.50 bits per heavy atom. The first kappa shape index (κ1) is 5.92. The maximum atomic E-state index is 6.99. The van der Waals surface area contributed by atoms with Crippen LogP contribution in [0, 0.1) is 0 Å². The van der Waals surface area contributed by atoms with E-state index in [0.29, 0.717) is 0 Å². The zero-order chi connectivity index (χ0) is 5.21. The lowest BCUT2D eigenvalue weighted by atomic mass is 10.1. The zero-order valence-corrected chi connectivity index (χ0v) is 4.21. The maximum Gasteiger partial charge on any atom is 0.0405 e. The molecule has 2 N–H and O–H groups in total. The third kappa shape index (κ3) is 3.92. The van der Waals surface area contributed by atoms with Crippen molar-refractivity contribution in [2.45, 2.75) is 19.4 Å². The molecule has 0 heterocycles. The number of nitrogens with one attached hydrogen (secondary N) is 2. The van der Waals surface area contributed by atoms with Gasteiger partial charge in [-0.05, 0) is 13.8 Å². The first-order valence-corrected chi connectivity index (χ1v) is 1.96. The van der Waals surface area contributed by atoms with Gasteiger partial charge < -0.3 is 0 Å². The summed E-state index contributed by atoms with van der Waals surface area (Å²) >= 11 is 0. The molecule has 0 unspecified atom stereocenters. The molecule has 0 saturated carbocycles. The van der Waals surface area contributed by atoms with E-state index in [1.54, 1.807) is 13.8 Å². The molecule has 0 aromatic carbocycles. The molecule has 0 bridgehead atoms. The molecular formula is C4H10N2. The van der Waals surface area contributed by atoms with Gasteiger partial charge in [0.2, 0.25) is 0 Å². The van der Waals surface area contributed by atoms with Crippen molar-refractivity contribution in [1.82, 2.24) is 11.5 Å². The van der Waals surface area contributed by atoms with E-state index in [0.717, 1.165) is 0 Å². The fourth-order valence-corrected chi connectivity index (χ4v) is 0. The molecule has 0 fully saturated rings. The molecular weight excluding hydrogens is 76.1 g/mol. The molecule has 0 saturated heterocycles. The maximum absolute atomic E-state index is 6.99. The largest absolute Gasteiger partial charge is 0.256 e. The average Bonchev–Trinajstić information content (AvgIpc) is 1.35. The van der Waals surface area contributed by atoms with Crippen molar-refractivity contribution in [2.24, 2.45) is 0 Å². The van der Waals surface area contributed by atoms with Crippen molar-refractivity contribution < 1.29 is 0 Å². The van der Waals surface area contributed by atoms with E-state index in [4.69, 9.17) is 11.5 Å². The molecule has 0 aliphatic rings. The van der Waals surface area contributed by atoms with Crippen LogP contribution in [0.15, 0.2) is 0 Å². The lowest BCUT2D eigenvalue weighted by Gasteiger charge is -2.10. The van der Waals surface area contributed by atoms with E-state index in [9.17, 15) is 0 Å². The first-order chi connectivity index (χ1) is 2.56. The van der Waals surface area contributed by atoms with Crippen molar-refractivity contribution in [3.05, 3.63) is 0 Å². The van der Waals surface area contributed by atoms with Crippen LogP contribution in [0.3, 0.4) is 0 Å². The van der Waals surface area contributed by atoms with E-state index in [2.05, 4.69) is 0 Å². The third-order valence-electron chi connectivity index (χ3n) is 0.442. The van der Waals surface area contributed by atoms with Crippen molar-refractivity contribution in [1.29, 1.82) is 0 Å². The first-order valence-electron chi connectivity index (χ1n) is 1.96. The highest BCUT2D eigenvalue weighted by molar-refractivity contribution is 4.69. The van der Waals surface area contributed by atoms with Crippen LogP contribution < -0.4 is 11.5 Å². The summed E-state index contributed by atoms with van der Waals surface area (Å²) in [6.45, 7) is 3.63. The standard InChI is InChI=1S/C4H10N2/c1-4(2,6)3-5/h5-6H,3H2,1-2H3. The molecule has 0 aliphatic carbocycles.